The first kappa shape index (κ1) is 17.4. The van der Waals surface area contributed by atoms with Crippen LogP contribution in [0.25, 0.3) is 5.65 Å². The molecule has 3 aromatic rings. The van der Waals surface area contributed by atoms with Crippen molar-refractivity contribution < 1.29 is 13.6 Å². The number of aromatic nitrogens is 3. The van der Waals surface area contributed by atoms with E-state index in [2.05, 4.69) is 31.3 Å². The van der Waals surface area contributed by atoms with E-state index in [0.29, 0.717) is 16.4 Å². The molecule has 1 N–H and O–H groups in total. The Balaban J connectivity index is 1.75. The van der Waals surface area contributed by atoms with Gasteiger partial charge in [0, 0.05) is 16.1 Å². The van der Waals surface area contributed by atoms with E-state index in [1.165, 1.54) is 12.3 Å². The van der Waals surface area contributed by atoms with Crippen LogP contribution in [-0.4, -0.2) is 20.5 Å². The van der Waals surface area contributed by atoms with Gasteiger partial charge in [-0.25, -0.2) is 18.3 Å². The maximum absolute atomic E-state index is 13.4. The molecule has 0 bridgehead atoms. The van der Waals surface area contributed by atoms with E-state index in [1.807, 2.05) is 0 Å². The van der Waals surface area contributed by atoms with Gasteiger partial charge < -0.3 is 5.32 Å². The van der Waals surface area contributed by atoms with Gasteiger partial charge in [-0.15, -0.1) is 0 Å². The number of hydrogen-bond acceptors (Lipinski definition) is 3. The van der Waals surface area contributed by atoms with Crippen LogP contribution in [0.1, 0.15) is 46.9 Å². The number of nitrogens with zero attached hydrogens (tertiary/aromatic N) is 3. The summed E-state index contributed by atoms with van der Waals surface area (Å²) in [4.78, 5) is 17.0. The quantitative estimate of drug-likeness (QED) is 0.604. The molecular formula is C17H12BrClF2N4O. The zero-order valence-electron chi connectivity index (χ0n) is 13.2. The molecule has 9 heteroatoms. The van der Waals surface area contributed by atoms with E-state index >= 15 is 0 Å². The SMILES string of the molecule is O=C(Nc1ccc(Br)cc1Cl)c1cnn2c(C(F)F)cc(C3CC3)nc12. The summed E-state index contributed by atoms with van der Waals surface area (Å²) in [5.74, 6) is -0.339. The topological polar surface area (TPSA) is 59.3 Å². The molecule has 1 saturated carbocycles. The second kappa shape index (κ2) is 6.59. The van der Waals surface area contributed by atoms with Gasteiger partial charge in [0.1, 0.15) is 11.3 Å². The van der Waals surface area contributed by atoms with Crippen LogP contribution in [0, 0.1) is 0 Å². The molecule has 0 radical (unpaired) electrons. The van der Waals surface area contributed by atoms with Crippen molar-refractivity contribution in [2.75, 3.05) is 5.32 Å². The molecule has 0 spiro atoms. The number of anilines is 1. The fourth-order valence-electron chi connectivity index (χ4n) is 2.69. The van der Waals surface area contributed by atoms with Crippen molar-refractivity contribution in [2.24, 2.45) is 0 Å². The minimum Gasteiger partial charge on any atom is -0.320 e. The van der Waals surface area contributed by atoms with E-state index < -0.39 is 12.3 Å². The highest BCUT2D eigenvalue weighted by molar-refractivity contribution is 9.10. The van der Waals surface area contributed by atoms with Crippen molar-refractivity contribution in [1.82, 2.24) is 14.6 Å². The summed E-state index contributed by atoms with van der Waals surface area (Å²) in [6.45, 7) is 0. The van der Waals surface area contributed by atoms with Crippen LogP contribution in [0.5, 0.6) is 0 Å². The summed E-state index contributed by atoms with van der Waals surface area (Å²) in [5.41, 5.74) is 0.956. The minimum atomic E-state index is -2.71. The van der Waals surface area contributed by atoms with Gasteiger partial charge in [-0.1, -0.05) is 27.5 Å². The van der Waals surface area contributed by atoms with Crippen LogP contribution in [0.15, 0.2) is 34.9 Å². The van der Waals surface area contributed by atoms with Gasteiger partial charge in [0.25, 0.3) is 12.3 Å². The molecule has 0 atom stereocenters. The second-order valence-electron chi connectivity index (χ2n) is 6.05. The molecule has 1 aromatic carbocycles. The number of halogens is 4. The summed E-state index contributed by atoms with van der Waals surface area (Å²) < 4.78 is 28.6. The number of carbonyl (C=O) groups excluding carboxylic acids is 1. The first-order valence-corrected chi connectivity index (χ1v) is 9.04. The monoisotopic (exact) mass is 440 g/mol. The molecule has 4 rings (SSSR count). The number of benzene rings is 1. The fraction of sp³-hybridized carbons (Fsp3) is 0.235. The average Bonchev–Trinajstić information content (AvgIpc) is 3.35. The van der Waals surface area contributed by atoms with Crippen LogP contribution in [-0.2, 0) is 0 Å². The molecular weight excluding hydrogens is 430 g/mol. The summed E-state index contributed by atoms with van der Waals surface area (Å²) in [5, 5.41) is 6.96. The Bertz CT molecular complexity index is 1020. The summed E-state index contributed by atoms with van der Waals surface area (Å²) >= 11 is 9.41. The van der Waals surface area contributed by atoms with E-state index in [0.717, 1.165) is 21.8 Å². The number of hydrogen-bond donors (Lipinski definition) is 1. The Hall–Kier alpha value is -2.06. The highest BCUT2D eigenvalue weighted by Gasteiger charge is 2.29. The highest BCUT2D eigenvalue weighted by atomic mass is 79.9. The predicted octanol–water partition coefficient (Wildman–Crippen LogP) is 5.21. The van der Waals surface area contributed by atoms with Gasteiger partial charge in [0.05, 0.1) is 16.9 Å². The summed E-state index contributed by atoms with van der Waals surface area (Å²) in [7, 11) is 0. The van der Waals surface area contributed by atoms with Crippen molar-refractivity contribution in [1.29, 1.82) is 0 Å². The smallest absolute Gasteiger partial charge is 0.280 e. The van der Waals surface area contributed by atoms with Crippen molar-refractivity contribution in [3.63, 3.8) is 0 Å². The van der Waals surface area contributed by atoms with Gasteiger partial charge in [-0.2, -0.15) is 5.10 Å². The average molecular weight is 442 g/mol. The Morgan fingerprint density at radius 3 is 2.77 bits per heavy atom. The molecule has 0 saturated heterocycles. The zero-order valence-corrected chi connectivity index (χ0v) is 15.6. The van der Waals surface area contributed by atoms with Gasteiger partial charge >= 0.3 is 0 Å². The van der Waals surface area contributed by atoms with Gasteiger partial charge in [-0.05, 0) is 37.1 Å². The van der Waals surface area contributed by atoms with E-state index in [4.69, 9.17) is 11.6 Å². The Kier molecular flexibility index (Phi) is 4.40. The Morgan fingerprint density at radius 1 is 1.35 bits per heavy atom. The fourth-order valence-corrected chi connectivity index (χ4v) is 3.41. The van der Waals surface area contributed by atoms with Crippen LogP contribution >= 0.6 is 27.5 Å². The number of nitrogens with one attached hydrogen (secondary N) is 1. The largest absolute Gasteiger partial charge is 0.320 e. The van der Waals surface area contributed by atoms with E-state index in [-0.39, 0.29) is 22.8 Å². The second-order valence-corrected chi connectivity index (χ2v) is 7.38. The lowest BCUT2D eigenvalue weighted by Crippen LogP contribution is -2.13. The van der Waals surface area contributed by atoms with Crippen molar-refractivity contribution in [3.8, 4) is 0 Å². The van der Waals surface area contributed by atoms with Gasteiger partial charge in [0.2, 0.25) is 0 Å². The summed E-state index contributed by atoms with van der Waals surface area (Å²) in [6, 6.07) is 6.39. The standard InChI is InChI=1S/C17H12BrClF2N4O/c18-9-3-4-12(11(19)5-9)24-17(26)10-7-22-25-14(15(20)21)6-13(8-1-2-8)23-16(10)25/h3-8,15H,1-2H2,(H,24,26). The normalized spacial score (nSPS) is 14.2. The number of amides is 1. The highest BCUT2D eigenvalue weighted by Crippen LogP contribution is 2.40. The van der Waals surface area contributed by atoms with Crippen LogP contribution < -0.4 is 5.32 Å². The number of carbonyl (C=O) groups is 1. The predicted molar refractivity (Wildman–Crippen MR) is 97.0 cm³/mol. The van der Waals surface area contributed by atoms with Crippen molar-refractivity contribution in [3.05, 3.63) is 56.9 Å². The zero-order chi connectivity index (χ0) is 18.4. The molecule has 5 nitrogen and oxygen atoms in total. The Morgan fingerprint density at radius 2 is 2.12 bits per heavy atom. The van der Waals surface area contributed by atoms with E-state index in [9.17, 15) is 13.6 Å². The van der Waals surface area contributed by atoms with Crippen molar-refractivity contribution in [2.45, 2.75) is 25.2 Å². The molecule has 134 valence electrons. The molecule has 1 aliphatic rings. The van der Waals surface area contributed by atoms with Gasteiger partial charge in [0.15, 0.2) is 5.65 Å². The maximum atomic E-state index is 13.4. The maximum Gasteiger partial charge on any atom is 0.280 e. The molecule has 1 aliphatic carbocycles. The van der Waals surface area contributed by atoms with Crippen molar-refractivity contribution >= 4 is 44.8 Å². The number of alkyl halides is 2. The lowest BCUT2D eigenvalue weighted by Gasteiger charge is -2.09. The molecule has 1 fully saturated rings. The molecule has 1 amide bonds. The molecule has 0 aliphatic heterocycles. The van der Waals surface area contributed by atoms with Crippen LogP contribution in [0.3, 0.4) is 0 Å². The minimum absolute atomic E-state index is 0.119. The third-order valence-electron chi connectivity index (χ3n) is 4.16. The Labute approximate surface area is 160 Å². The van der Waals surface area contributed by atoms with E-state index in [1.54, 1.807) is 18.2 Å². The molecule has 2 heterocycles. The third kappa shape index (κ3) is 3.19. The molecule has 0 unspecified atom stereocenters. The first-order chi connectivity index (χ1) is 12.4. The lowest BCUT2D eigenvalue weighted by molar-refractivity contribution is 0.102. The lowest BCUT2D eigenvalue weighted by atomic mass is 10.2. The number of fused-ring (bicyclic) bond motifs is 1. The number of rotatable bonds is 4. The van der Waals surface area contributed by atoms with Crippen LogP contribution in [0.2, 0.25) is 5.02 Å². The first-order valence-electron chi connectivity index (χ1n) is 7.87. The molecule has 26 heavy (non-hydrogen) atoms. The third-order valence-corrected chi connectivity index (χ3v) is 4.97. The summed E-state index contributed by atoms with van der Waals surface area (Å²) in [6.07, 6.45) is 0.355. The van der Waals surface area contributed by atoms with Gasteiger partial charge in [-0.3, -0.25) is 4.79 Å². The molecule has 2 aromatic heterocycles. The van der Waals surface area contributed by atoms with Crippen LogP contribution in [0.4, 0.5) is 14.5 Å².